The van der Waals surface area contributed by atoms with Gasteiger partial charge < -0.3 is 14.9 Å². The minimum Gasteiger partial charge on any atom is -0.480 e. The first-order valence-corrected chi connectivity index (χ1v) is 6.16. The second kappa shape index (κ2) is 4.29. The molecule has 2 aliphatic rings. The van der Waals surface area contributed by atoms with Crippen molar-refractivity contribution in [1.29, 1.82) is 0 Å². The number of carboxylic acids is 1. The Morgan fingerprint density at radius 2 is 2.06 bits per heavy atom. The van der Waals surface area contributed by atoms with Crippen LogP contribution in [-0.4, -0.2) is 60.0 Å². The molecular weight excluding hydrogens is 220 g/mol. The van der Waals surface area contributed by atoms with Crippen LogP contribution < -0.4 is 0 Å². The number of hydrogen-bond donors (Lipinski definition) is 1. The van der Waals surface area contributed by atoms with Gasteiger partial charge >= 0.3 is 5.97 Å². The zero-order chi connectivity index (χ0) is 12.6. The van der Waals surface area contributed by atoms with E-state index in [1.807, 2.05) is 14.1 Å². The lowest BCUT2D eigenvalue weighted by Crippen LogP contribution is -2.46. The largest absolute Gasteiger partial charge is 0.480 e. The highest BCUT2D eigenvalue weighted by Crippen LogP contribution is 2.48. The van der Waals surface area contributed by atoms with Gasteiger partial charge in [-0.2, -0.15) is 0 Å². The van der Waals surface area contributed by atoms with Gasteiger partial charge in [0.05, 0.1) is 0 Å². The lowest BCUT2D eigenvalue weighted by molar-refractivity contribution is -0.153. The molecule has 0 radical (unpaired) electrons. The Hall–Kier alpha value is -1.10. The third-order valence-corrected chi connectivity index (χ3v) is 3.78. The van der Waals surface area contributed by atoms with Crippen LogP contribution in [0.2, 0.25) is 0 Å². The molecular formula is C12H20N2O3. The number of carboxylic acid groups (broad SMARTS) is 1. The minimum absolute atomic E-state index is 0.158. The fraction of sp³-hybridized carbons (Fsp3) is 0.833. The minimum atomic E-state index is -1.07. The molecule has 1 unspecified atom stereocenters. The summed E-state index contributed by atoms with van der Waals surface area (Å²) in [7, 11) is 3.95. The van der Waals surface area contributed by atoms with Crippen molar-refractivity contribution < 1.29 is 14.7 Å². The molecule has 2 fully saturated rings. The maximum Gasteiger partial charge on any atom is 0.319 e. The van der Waals surface area contributed by atoms with Crippen molar-refractivity contribution in [1.82, 2.24) is 9.80 Å². The van der Waals surface area contributed by atoms with Crippen molar-refractivity contribution in [3.8, 4) is 0 Å². The van der Waals surface area contributed by atoms with Gasteiger partial charge in [-0.1, -0.05) is 0 Å². The predicted octanol–water partition coefficient (Wildman–Crippen LogP) is 0.404. The first-order valence-electron chi connectivity index (χ1n) is 6.16. The Bertz CT molecular complexity index is 337. The normalized spacial score (nSPS) is 26.3. The molecule has 17 heavy (non-hydrogen) atoms. The quantitative estimate of drug-likeness (QED) is 0.723. The fourth-order valence-corrected chi connectivity index (χ4v) is 2.63. The molecule has 1 heterocycles. The number of aliphatic carboxylic acids is 1. The highest BCUT2D eigenvalue weighted by atomic mass is 16.4. The van der Waals surface area contributed by atoms with Crippen LogP contribution in [0.4, 0.5) is 0 Å². The highest BCUT2D eigenvalue weighted by Gasteiger charge is 2.59. The number of carbonyl (C=O) groups is 2. The summed E-state index contributed by atoms with van der Waals surface area (Å²) in [6.07, 6.45) is 2.98. The second-order valence-electron chi connectivity index (χ2n) is 5.44. The van der Waals surface area contributed by atoms with Crippen molar-refractivity contribution in [3.05, 3.63) is 0 Å². The van der Waals surface area contributed by atoms with Crippen molar-refractivity contribution in [2.24, 2.45) is 5.41 Å². The summed E-state index contributed by atoms with van der Waals surface area (Å²) in [4.78, 5) is 27.3. The average Bonchev–Trinajstić information content (AvgIpc) is 2.94. The zero-order valence-electron chi connectivity index (χ0n) is 10.5. The summed E-state index contributed by atoms with van der Waals surface area (Å²) in [6, 6.07) is 0.189. The van der Waals surface area contributed by atoms with Gasteiger partial charge in [-0.15, -0.1) is 0 Å². The molecule has 1 amide bonds. The number of hydrogen-bond acceptors (Lipinski definition) is 3. The van der Waals surface area contributed by atoms with Gasteiger partial charge in [0.15, 0.2) is 0 Å². The first kappa shape index (κ1) is 12.4. The molecule has 0 bridgehead atoms. The molecule has 0 aromatic heterocycles. The van der Waals surface area contributed by atoms with E-state index in [9.17, 15) is 9.59 Å². The molecule has 1 aliphatic heterocycles. The number of likely N-dealkylation sites (tertiary alicyclic amines) is 1. The molecule has 0 aromatic rings. The van der Waals surface area contributed by atoms with Crippen molar-refractivity contribution in [2.75, 3.05) is 27.2 Å². The van der Waals surface area contributed by atoms with Gasteiger partial charge in [0.1, 0.15) is 5.41 Å². The average molecular weight is 240 g/mol. The van der Waals surface area contributed by atoms with Crippen molar-refractivity contribution in [3.63, 3.8) is 0 Å². The Kier molecular flexibility index (Phi) is 3.12. The number of carbonyl (C=O) groups excluding carboxylic acids is 1. The smallest absolute Gasteiger partial charge is 0.319 e. The first-order chi connectivity index (χ1) is 7.97. The molecule has 0 spiro atoms. The SMILES string of the molecule is CN(C)CC1CCCN1C(=O)C1(C(=O)O)CC1. The van der Waals surface area contributed by atoms with E-state index in [2.05, 4.69) is 4.90 Å². The van der Waals surface area contributed by atoms with Crippen LogP contribution in [-0.2, 0) is 9.59 Å². The molecule has 5 nitrogen and oxygen atoms in total. The monoisotopic (exact) mass is 240 g/mol. The summed E-state index contributed by atoms with van der Waals surface area (Å²) < 4.78 is 0. The third-order valence-electron chi connectivity index (χ3n) is 3.78. The summed E-state index contributed by atoms with van der Waals surface area (Å²) in [5.41, 5.74) is -1.07. The van der Waals surface area contributed by atoms with E-state index in [1.54, 1.807) is 4.90 Å². The molecule has 96 valence electrons. The summed E-state index contributed by atoms with van der Waals surface area (Å²) in [6.45, 7) is 1.54. The van der Waals surface area contributed by atoms with Gasteiger partial charge in [0.25, 0.3) is 0 Å². The fourth-order valence-electron chi connectivity index (χ4n) is 2.63. The Balaban J connectivity index is 2.06. The molecule has 1 aliphatic carbocycles. The topological polar surface area (TPSA) is 60.9 Å². The van der Waals surface area contributed by atoms with Gasteiger partial charge in [-0.3, -0.25) is 9.59 Å². The number of nitrogens with zero attached hydrogens (tertiary/aromatic N) is 2. The van der Waals surface area contributed by atoms with E-state index in [0.29, 0.717) is 19.4 Å². The maximum absolute atomic E-state index is 12.3. The van der Waals surface area contributed by atoms with Gasteiger partial charge in [-0.05, 0) is 39.8 Å². The lowest BCUT2D eigenvalue weighted by Gasteiger charge is -2.29. The van der Waals surface area contributed by atoms with E-state index in [4.69, 9.17) is 5.11 Å². The van der Waals surface area contributed by atoms with Crippen LogP contribution in [0.5, 0.6) is 0 Å². The Morgan fingerprint density at radius 1 is 1.41 bits per heavy atom. The van der Waals surface area contributed by atoms with Gasteiger partial charge in [0, 0.05) is 19.1 Å². The molecule has 0 aromatic carbocycles. The molecule has 1 saturated heterocycles. The van der Waals surface area contributed by atoms with Crippen LogP contribution in [0.1, 0.15) is 25.7 Å². The van der Waals surface area contributed by atoms with Crippen LogP contribution >= 0.6 is 0 Å². The maximum atomic E-state index is 12.3. The van der Waals surface area contributed by atoms with Crippen LogP contribution in [0, 0.1) is 5.41 Å². The van der Waals surface area contributed by atoms with E-state index in [1.165, 1.54) is 0 Å². The van der Waals surface area contributed by atoms with Crippen LogP contribution in [0.25, 0.3) is 0 Å². The van der Waals surface area contributed by atoms with Gasteiger partial charge in [-0.25, -0.2) is 0 Å². The van der Waals surface area contributed by atoms with Crippen LogP contribution in [0.3, 0.4) is 0 Å². The molecule has 1 atom stereocenters. The Morgan fingerprint density at radius 3 is 2.53 bits per heavy atom. The predicted molar refractivity (Wildman–Crippen MR) is 62.6 cm³/mol. The van der Waals surface area contributed by atoms with Crippen LogP contribution in [0.15, 0.2) is 0 Å². The second-order valence-corrected chi connectivity index (χ2v) is 5.44. The zero-order valence-corrected chi connectivity index (χ0v) is 10.5. The van der Waals surface area contributed by atoms with E-state index in [0.717, 1.165) is 19.4 Å². The molecule has 5 heteroatoms. The Labute approximate surface area is 101 Å². The number of likely N-dealkylation sites (N-methyl/N-ethyl adjacent to an activating group) is 1. The number of amides is 1. The summed E-state index contributed by atoms with van der Waals surface area (Å²) in [5.74, 6) is -1.10. The highest BCUT2D eigenvalue weighted by molar-refractivity contribution is 6.05. The molecule has 2 rings (SSSR count). The molecule has 1 N–H and O–H groups in total. The number of rotatable bonds is 4. The van der Waals surface area contributed by atoms with E-state index >= 15 is 0 Å². The van der Waals surface area contributed by atoms with Gasteiger partial charge in [0.2, 0.25) is 5.91 Å². The third kappa shape index (κ3) is 2.16. The standard InChI is InChI=1S/C12H20N2O3/c1-13(2)8-9-4-3-7-14(9)10(15)12(5-6-12)11(16)17/h9H,3-8H2,1-2H3,(H,16,17). The molecule has 1 saturated carbocycles. The lowest BCUT2D eigenvalue weighted by atomic mass is 10.1. The van der Waals surface area contributed by atoms with Crippen molar-refractivity contribution in [2.45, 2.75) is 31.7 Å². The van der Waals surface area contributed by atoms with E-state index < -0.39 is 11.4 Å². The summed E-state index contributed by atoms with van der Waals surface area (Å²) in [5, 5.41) is 9.14. The van der Waals surface area contributed by atoms with E-state index in [-0.39, 0.29) is 11.9 Å². The summed E-state index contributed by atoms with van der Waals surface area (Å²) >= 11 is 0. The van der Waals surface area contributed by atoms with Crippen molar-refractivity contribution >= 4 is 11.9 Å².